The van der Waals surface area contributed by atoms with Crippen molar-refractivity contribution in [3.63, 3.8) is 0 Å². The zero-order valence-corrected chi connectivity index (χ0v) is 9.51. The third kappa shape index (κ3) is 3.27. The summed E-state index contributed by atoms with van der Waals surface area (Å²) in [4.78, 5) is 11.1. The van der Waals surface area contributed by atoms with Crippen LogP contribution in [0.2, 0.25) is 5.02 Å². The molecule has 1 aromatic rings. The zero-order valence-electron chi connectivity index (χ0n) is 7.94. The molecule has 84 valence electrons. The van der Waals surface area contributed by atoms with Gasteiger partial charge in [0.2, 0.25) is 0 Å². The number of ether oxygens (including phenoxy) is 1. The first-order valence-corrected chi connectivity index (χ1v) is 4.26. The van der Waals surface area contributed by atoms with Crippen LogP contribution in [0.1, 0.15) is 11.6 Å². The maximum absolute atomic E-state index is 11.1. The lowest BCUT2D eigenvalue weighted by Crippen LogP contribution is -2.22. The molecule has 0 saturated carbocycles. The third-order valence-corrected chi connectivity index (χ3v) is 2.09. The molecule has 0 saturated heterocycles. The van der Waals surface area contributed by atoms with E-state index in [1.165, 1.54) is 25.3 Å². The van der Waals surface area contributed by atoms with E-state index in [1.807, 2.05) is 0 Å². The predicted molar refractivity (Wildman–Crippen MR) is 59.3 cm³/mol. The Hall–Kier alpha value is -0.970. The molecule has 0 unspecified atom stereocenters. The molecule has 0 aliphatic heterocycles. The lowest BCUT2D eigenvalue weighted by atomic mass is 10.1. The van der Waals surface area contributed by atoms with Crippen molar-refractivity contribution < 1.29 is 14.6 Å². The molecule has 1 rings (SSSR count). The topological polar surface area (TPSA) is 72.5 Å². The van der Waals surface area contributed by atoms with Gasteiger partial charge in [-0.1, -0.05) is 17.7 Å². The summed E-state index contributed by atoms with van der Waals surface area (Å²) in [5.74, 6) is -0.598. The van der Waals surface area contributed by atoms with Crippen LogP contribution < -0.4 is 5.73 Å². The van der Waals surface area contributed by atoms with E-state index in [-0.39, 0.29) is 23.2 Å². The van der Waals surface area contributed by atoms with Crippen LogP contribution >= 0.6 is 24.0 Å². The van der Waals surface area contributed by atoms with Crippen molar-refractivity contribution >= 4 is 30.0 Å². The van der Waals surface area contributed by atoms with Crippen molar-refractivity contribution in [2.45, 2.75) is 6.04 Å². The fourth-order valence-electron chi connectivity index (χ4n) is 0.980. The Morgan fingerprint density at radius 3 is 2.67 bits per heavy atom. The van der Waals surface area contributed by atoms with Crippen molar-refractivity contribution in [3.8, 4) is 5.75 Å². The molecule has 0 spiro atoms. The average Bonchev–Trinajstić information content (AvgIpc) is 2.20. The number of nitrogens with two attached hydrogens (primary N) is 1. The molecule has 0 fully saturated rings. The number of carbonyl (C=O) groups is 1. The molecule has 0 aliphatic carbocycles. The molecule has 3 N–H and O–H groups in total. The van der Waals surface area contributed by atoms with Gasteiger partial charge in [0.1, 0.15) is 11.8 Å². The second-order valence-corrected chi connectivity index (χ2v) is 3.12. The Morgan fingerprint density at radius 1 is 1.60 bits per heavy atom. The van der Waals surface area contributed by atoms with Gasteiger partial charge in [-0.15, -0.1) is 12.4 Å². The molecule has 0 aliphatic rings. The summed E-state index contributed by atoms with van der Waals surface area (Å²) < 4.78 is 4.47. The Balaban J connectivity index is 0.00000196. The summed E-state index contributed by atoms with van der Waals surface area (Å²) in [6.45, 7) is 0. The first kappa shape index (κ1) is 14.0. The highest BCUT2D eigenvalue weighted by atomic mass is 35.5. The van der Waals surface area contributed by atoms with Crippen molar-refractivity contribution in [2.75, 3.05) is 7.11 Å². The number of aromatic hydroxyl groups is 1. The molecule has 0 heterocycles. The Bertz CT molecular complexity index is 357. The van der Waals surface area contributed by atoms with Gasteiger partial charge in [-0.05, 0) is 17.7 Å². The standard InChI is InChI=1S/C9H10ClNO3.ClH/c1-14-9(13)8(11)5-2-3-7(12)6(10)4-5;/h2-4,8,12H,11H2,1H3;1H/t8-;/m0./s1. The zero-order chi connectivity index (χ0) is 10.7. The van der Waals surface area contributed by atoms with Gasteiger partial charge in [0.15, 0.2) is 0 Å². The van der Waals surface area contributed by atoms with Crippen LogP contribution in [0.5, 0.6) is 5.75 Å². The highest BCUT2D eigenvalue weighted by molar-refractivity contribution is 6.32. The minimum Gasteiger partial charge on any atom is -0.506 e. The fourth-order valence-corrected chi connectivity index (χ4v) is 1.17. The number of phenols is 1. The molecule has 0 bridgehead atoms. The van der Waals surface area contributed by atoms with Gasteiger partial charge in [-0.2, -0.15) is 0 Å². The number of esters is 1. The van der Waals surface area contributed by atoms with Gasteiger partial charge in [0, 0.05) is 0 Å². The van der Waals surface area contributed by atoms with E-state index in [1.54, 1.807) is 0 Å². The van der Waals surface area contributed by atoms with Crippen LogP contribution in [0, 0.1) is 0 Å². The second kappa shape index (κ2) is 5.80. The van der Waals surface area contributed by atoms with Gasteiger partial charge < -0.3 is 15.6 Å². The van der Waals surface area contributed by atoms with Gasteiger partial charge in [0.05, 0.1) is 12.1 Å². The fraction of sp³-hybridized carbons (Fsp3) is 0.222. The van der Waals surface area contributed by atoms with E-state index < -0.39 is 12.0 Å². The first-order valence-electron chi connectivity index (χ1n) is 3.88. The summed E-state index contributed by atoms with van der Waals surface area (Å²) in [5.41, 5.74) is 6.05. The van der Waals surface area contributed by atoms with Crippen molar-refractivity contribution in [1.29, 1.82) is 0 Å². The summed E-state index contributed by atoms with van der Waals surface area (Å²) in [6.07, 6.45) is 0. The molecule has 0 aromatic heterocycles. The highest BCUT2D eigenvalue weighted by Crippen LogP contribution is 2.26. The van der Waals surface area contributed by atoms with Crippen LogP contribution in [0.4, 0.5) is 0 Å². The Morgan fingerprint density at radius 2 is 2.20 bits per heavy atom. The number of methoxy groups -OCH3 is 1. The van der Waals surface area contributed by atoms with E-state index in [0.717, 1.165) is 0 Å². The van der Waals surface area contributed by atoms with E-state index in [2.05, 4.69) is 4.74 Å². The lowest BCUT2D eigenvalue weighted by Gasteiger charge is -2.09. The molecular formula is C9H11Cl2NO3. The van der Waals surface area contributed by atoms with E-state index in [4.69, 9.17) is 22.4 Å². The Kier molecular flexibility index (Phi) is 5.43. The normalized spacial score (nSPS) is 11.4. The van der Waals surface area contributed by atoms with Crippen LogP contribution in [-0.4, -0.2) is 18.2 Å². The third-order valence-electron chi connectivity index (χ3n) is 1.79. The summed E-state index contributed by atoms with van der Waals surface area (Å²) in [5, 5.41) is 9.29. The van der Waals surface area contributed by atoms with Crippen LogP contribution in [-0.2, 0) is 9.53 Å². The quantitative estimate of drug-likeness (QED) is 0.785. The number of benzene rings is 1. The monoisotopic (exact) mass is 251 g/mol. The maximum Gasteiger partial charge on any atom is 0.327 e. The minimum atomic E-state index is -0.877. The number of rotatable bonds is 2. The van der Waals surface area contributed by atoms with Crippen LogP contribution in [0.3, 0.4) is 0 Å². The molecule has 6 heteroatoms. The lowest BCUT2D eigenvalue weighted by molar-refractivity contribution is -0.142. The van der Waals surface area contributed by atoms with Crippen molar-refractivity contribution in [3.05, 3.63) is 28.8 Å². The molecule has 0 amide bonds. The van der Waals surface area contributed by atoms with Gasteiger partial charge in [-0.3, -0.25) is 4.79 Å². The van der Waals surface area contributed by atoms with Gasteiger partial charge in [0.25, 0.3) is 0 Å². The summed E-state index contributed by atoms with van der Waals surface area (Å²) in [6, 6.07) is 3.44. The number of carbonyl (C=O) groups excluding carboxylic acids is 1. The summed E-state index contributed by atoms with van der Waals surface area (Å²) >= 11 is 5.65. The van der Waals surface area contributed by atoms with Crippen molar-refractivity contribution in [2.24, 2.45) is 5.73 Å². The van der Waals surface area contributed by atoms with Gasteiger partial charge >= 0.3 is 5.97 Å². The molecule has 0 radical (unpaired) electrons. The molecule has 4 nitrogen and oxygen atoms in total. The Labute approximate surface area is 98.4 Å². The predicted octanol–water partition coefficient (Wildman–Crippen LogP) is 1.64. The van der Waals surface area contributed by atoms with Crippen LogP contribution in [0.25, 0.3) is 0 Å². The van der Waals surface area contributed by atoms with E-state index in [0.29, 0.717) is 5.56 Å². The molecule has 15 heavy (non-hydrogen) atoms. The molecule has 1 aromatic carbocycles. The van der Waals surface area contributed by atoms with Crippen molar-refractivity contribution in [1.82, 2.24) is 0 Å². The number of hydrogen-bond donors (Lipinski definition) is 2. The van der Waals surface area contributed by atoms with E-state index >= 15 is 0 Å². The number of halogens is 2. The average molecular weight is 252 g/mol. The first-order chi connectivity index (χ1) is 6.56. The number of phenolic OH excluding ortho intramolecular Hbond substituents is 1. The van der Waals surface area contributed by atoms with Gasteiger partial charge in [-0.25, -0.2) is 0 Å². The molecule has 1 atom stereocenters. The number of hydrogen-bond acceptors (Lipinski definition) is 4. The second-order valence-electron chi connectivity index (χ2n) is 2.71. The van der Waals surface area contributed by atoms with E-state index in [9.17, 15) is 4.79 Å². The van der Waals surface area contributed by atoms with Crippen LogP contribution in [0.15, 0.2) is 18.2 Å². The largest absolute Gasteiger partial charge is 0.506 e. The smallest absolute Gasteiger partial charge is 0.327 e. The maximum atomic E-state index is 11.1. The minimum absolute atomic E-state index is 0. The SMILES string of the molecule is COC(=O)[C@@H](N)c1ccc(O)c(Cl)c1.Cl. The summed E-state index contributed by atoms with van der Waals surface area (Å²) in [7, 11) is 1.25. The molecular weight excluding hydrogens is 241 g/mol. The highest BCUT2D eigenvalue weighted by Gasteiger charge is 2.16.